The van der Waals surface area contributed by atoms with Gasteiger partial charge in [-0.25, -0.2) is 0 Å². The second-order valence-electron chi connectivity index (χ2n) is 12.6. The summed E-state index contributed by atoms with van der Waals surface area (Å²) in [5, 5.41) is 23.2. The number of fused-ring (bicyclic) bond motifs is 4. The van der Waals surface area contributed by atoms with E-state index in [-0.39, 0.29) is 35.5 Å². The topological polar surface area (TPSA) is 87.1 Å². The van der Waals surface area contributed by atoms with Crippen molar-refractivity contribution in [3.63, 3.8) is 0 Å². The molecular formula is C36H40BNO5. The quantitative estimate of drug-likeness (QED) is 0.169. The molecule has 0 bridgehead atoms. The van der Waals surface area contributed by atoms with Crippen molar-refractivity contribution in [1.29, 1.82) is 0 Å². The standard InChI is InChI=1S/C36H40BNO5/c1-4-10-23(19-24-16-17-31(39)27-14-9-8-13-26(24)27)15-18-32-33-28(22(2)3)20-29-34(30(33)21-37(42)43-32)36(41)38(35(29)40)25-11-6-5-7-12-25/h5-9,11-14,16-17,19,22,29-30,32,34,39,42H,4,10,15,18,20-21H2,1-3H3/b23-19+/t29-,30+,32-,34-/m1/s1. The van der Waals surface area contributed by atoms with Gasteiger partial charge in [-0.1, -0.05) is 92.9 Å². The van der Waals surface area contributed by atoms with Crippen LogP contribution in [0.25, 0.3) is 16.8 Å². The SMILES string of the molecule is CCC/C(=C\c1ccc(O)c2ccccc12)CC[C@H]1OB(O)C[C@H]2C1=C(C(C)C)C[C@H]1C(=O)N(c3ccccc3)C(=O)[C@H]12. The number of phenols is 1. The van der Waals surface area contributed by atoms with Crippen LogP contribution in [0.15, 0.2) is 83.4 Å². The highest BCUT2D eigenvalue weighted by molar-refractivity contribution is 6.43. The number of anilines is 1. The van der Waals surface area contributed by atoms with Gasteiger partial charge in [0.2, 0.25) is 11.8 Å². The molecule has 0 spiro atoms. The van der Waals surface area contributed by atoms with Crippen molar-refractivity contribution in [2.45, 2.75) is 65.3 Å². The first kappa shape index (κ1) is 29.4. The van der Waals surface area contributed by atoms with Crippen molar-refractivity contribution in [3.05, 3.63) is 89.0 Å². The number of hydrogen-bond acceptors (Lipinski definition) is 5. The highest BCUT2D eigenvalue weighted by atomic mass is 16.5. The molecule has 0 unspecified atom stereocenters. The molecule has 2 aliphatic heterocycles. The van der Waals surface area contributed by atoms with Crippen molar-refractivity contribution >= 4 is 41.5 Å². The van der Waals surface area contributed by atoms with Crippen molar-refractivity contribution in [2.24, 2.45) is 23.7 Å². The molecule has 4 atom stereocenters. The largest absolute Gasteiger partial charge is 0.507 e. The minimum absolute atomic E-state index is 0.134. The second kappa shape index (κ2) is 12.1. The average molecular weight is 578 g/mol. The normalized spacial score (nSPS) is 24.3. The monoisotopic (exact) mass is 577 g/mol. The molecule has 3 aliphatic rings. The molecule has 2 N–H and O–H groups in total. The number of phenolic OH excluding ortho intramolecular Hbond substituents is 1. The van der Waals surface area contributed by atoms with Crippen molar-refractivity contribution in [2.75, 3.05) is 4.90 Å². The molecule has 2 amide bonds. The summed E-state index contributed by atoms with van der Waals surface area (Å²) in [6.07, 6.45) is 6.16. The lowest BCUT2D eigenvalue weighted by Gasteiger charge is -2.44. The second-order valence-corrected chi connectivity index (χ2v) is 12.6. The minimum Gasteiger partial charge on any atom is -0.507 e. The smallest absolute Gasteiger partial charge is 0.455 e. The van der Waals surface area contributed by atoms with Gasteiger partial charge in [0.1, 0.15) is 5.75 Å². The average Bonchev–Trinajstić information content (AvgIpc) is 3.26. The van der Waals surface area contributed by atoms with E-state index in [9.17, 15) is 19.7 Å². The molecule has 43 heavy (non-hydrogen) atoms. The van der Waals surface area contributed by atoms with Crippen LogP contribution in [0, 0.1) is 23.7 Å². The lowest BCUT2D eigenvalue weighted by molar-refractivity contribution is -0.122. The summed E-state index contributed by atoms with van der Waals surface area (Å²) in [6.45, 7) is 6.47. The number of imide groups is 1. The molecule has 0 radical (unpaired) electrons. The number of amides is 2. The fourth-order valence-electron chi connectivity index (χ4n) is 7.64. The Balaban J connectivity index is 1.32. The lowest BCUT2D eigenvalue weighted by atomic mass is 9.57. The van der Waals surface area contributed by atoms with Gasteiger partial charge in [-0.15, -0.1) is 0 Å². The molecule has 3 aromatic carbocycles. The zero-order chi connectivity index (χ0) is 30.2. The van der Waals surface area contributed by atoms with Crippen LogP contribution in [-0.2, 0) is 14.2 Å². The van der Waals surface area contributed by atoms with Gasteiger partial charge in [0.25, 0.3) is 0 Å². The Hall–Kier alpha value is -3.68. The van der Waals surface area contributed by atoms with Crippen LogP contribution in [-0.4, -0.2) is 35.2 Å². The highest BCUT2D eigenvalue weighted by Crippen LogP contribution is 2.52. The Morgan fingerprint density at radius 1 is 0.977 bits per heavy atom. The lowest BCUT2D eigenvalue weighted by Crippen LogP contribution is -2.46. The third-order valence-corrected chi connectivity index (χ3v) is 9.55. The summed E-state index contributed by atoms with van der Waals surface area (Å²) < 4.78 is 6.25. The molecule has 222 valence electrons. The molecule has 0 saturated carbocycles. The van der Waals surface area contributed by atoms with E-state index in [4.69, 9.17) is 4.65 Å². The number of allylic oxidation sites excluding steroid dienone is 2. The molecule has 3 aromatic rings. The molecule has 1 aliphatic carbocycles. The summed E-state index contributed by atoms with van der Waals surface area (Å²) >= 11 is 0. The van der Waals surface area contributed by atoms with Crippen molar-refractivity contribution in [3.8, 4) is 5.75 Å². The van der Waals surface area contributed by atoms with Crippen LogP contribution in [0.4, 0.5) is 5.69 Å². The van der Waals surface area contributed by atoms with Crippen LogP contribution in [0.3, 0.4) is 0 Å². The molecule has 6 rings (SSSR count). The van der Waals surface area contributed by atoms with Crippen LogP contribution in [0.1, 0.15) is 58.4 Å². The van der Waals surface area contributed by atoms with E-state index in [1.807, 2.05) is 60.7 Å². The minimum atomic E-state index is -0.987. The molecule has 6 nitrogen and oxygen atoms in total. The number of hydrogen-bond donors (Lipinski definition) is 2. The number of benzene rings is 3. The van der Waals surface area contributed by atoms with E-state index in [0.29, 0.717) is 24.8 Å². The van der Waals surface area contributed by atoms with E-state index in [1.165, 1.54) is 16.0 Å². The Bertz CT molecular complexity index is 1600. The molecule has 7 heteroatoms. The summed E-state index contributed by atoms with van der Waals surface area (Å²) in [7, 11) is -0.987. The van der Waals surface area contributed by atoms with Gasteiger partial charge in [0.05, 0.1) is 23.6 Å². The number of rotatable bonds is 8. The van der Waals surface area contributed by atoms with E-state index < -0.39 is 19.0 Å². The van der Waals surface area contributed by atoms with Gasteiger partial charge < -0.3 is 14.8 Å². The maximum Gasteiger partial charge on any atom is 0.455 e. The summed E-state index contributed by atoms with van der Waals surface area (Å²) in [4.78, 5) is 29.0. The number of aromatic hydroxyl groups is 1. The fraction of sp³-hybridized carbons (Fsp3) is 0.389. The van der Waals surface area contributed by atoms with Gasteiger partial charge >= 0.3 is 7.12 Å². The first-order valence-electron chi connectivity index (χ1n) is 15.7. The molecular weight excluding hydrogens is 537 g/mol. The first-order valence-corrected chi connectivity index (χ1v) is 15.7. The third-order valence-electron chi connectivity index (χ3n) is 9.55. The van der Waals surface area contributed by atoms with Gasteiger partial charge in [0.15, 0.2) is 0 Å². The number of carbonyl (C=O) groups is 2. The molecule has 2 heterocycles. The summed E-state index contributed by atoms with van der Waals surface area (Å²) in [5.74, 6) is -0.953. The summed E-state index contributed by atoms with van der Waals surface area (Å²) in [6, 6.07) is 20.8. The van der Waals surface area contributed by atoms with Crippen LogP contribution in [0.5, 0.6) is 5.75 Å². The van der Waals surface area contributed by atoms with E-state index in [1.54, 1.807) is 6.07 Å². The zero-order valence-electron chi connectivity index (χ0n) is 25.2. The Morgan fingerprint density at radius 2 is 1.70 bits per heavy atom. The Labute approximate surface area is 254 Å². The molecule has 2 saturated heterocycles. The van der Waals surface area contributed by atoms with E-state index in [2.05, 4.69) is 26.8 Å². The Kier molecular flexibility index (Phi) is 8.30. The molecule has 2 fully saturated rings. The van der Waals surface area contributed by atoms with Gasteiger partial charge in [-0.2, -0.15) is 0 Å². The van der Waals surface area contributed by atoms with Crippen LogP contribution >= 0.6 is 0 Å². The predicted molar refractivity (Wildman–Crippen MR) is 171 cm³/mol. The van der Waals surface area contributed by atoms with Gasteiger partial charge in [-0.3, -0.25) is 14.5 Å². The third kappa shape index (κ3) is 5.45. The van der Waals surface area contributed by atoms with E-state index >= 15 is 0 Å². The first-order chi connectivity index (χ1) is 20.8. The maximum absolute atomic E-state index is 13.9. The van der Waals surface area contributed by atoms with Crippen molar-refractivity contribution in [1.82, 2.24) is 0 Å². The highest BCUT2D eigenvalue weighted by Gasteiger charge is 2.57. The number of para-hydroxylation sites is 1. The van der Waals surface area contributed by atoms with Crippen LogP contribution < -0.4 is 4.90 Å². The zero-order valence-corrected chi connectivity index (χ0v) is 25.2. The molecule has 0 aromatic heterocycles. The Morgan fingerprint density at radius 3 is 2.42 bits per heavy atom. The van der Waals surface area contributed by atoms with E-state index in [0.717, 1.165) is 41.2 Å². The number of nitrogens with zero attached hydrogens (tertiary/aromatic N) is 1. The predicted octanol–water partition coefficient (Wildman–Crippen LogP) is 7.17. The summed E-state index contributed by atoms with van der Waals surface area (Å²) in [5.41, 5.74) is 5.28. The van der Waals surface area contributed by atoms with Crippen LogP contribution in [0.2, 0.25) is 6.32 Å². The maximum atomic E-state index is 13.9. The van der Waals surface area contributed by atoms with Crippen molar-refractivity contribution < 1.29 is 24.4 Å². The fourth-order valence-corrected chi connectivity index (χ4v) is 7.64. The van der Waals surface area contributed by atoms with Gasteiger partial charge in [-0.05, 0) is 78.6 Å². The van der Waals surface area contributed by atoms with Gasteiger partial charge in [0, 0.05) is 5.39 Å². The number of carbonyl (C=O) groups excluding carboxylic acids is 2.